The van der Waals surface area contributed by atoms with Crippen molar-refractivity contribution in [1.82, 2.24) is 5.32 Å². The van der Waals surface area contributed by atoms with Crippen molar-refractivity contribution in [2.45, 2.75) is 37.1 Å². The summed E-state index contributed by atoms with van der Waals surface area (Å²) in [6.45, 7) is 2.03. The molecule has 2 aliphatic heterocycles. The fourth-order valence-electron chi connectivity index (χ4n) is 5.27. The summed E-state index contributed by atoms with van der Waals surface area (Å²) in [5.41, 5.74) is 1.13. The summed E-state index contributed by atoms with van der Waals surface area (Å²) >= 11 is 3.50. The second-order valence-corrected chi connectivity index (χ2v) is 9.75. The van der Waals surface area contributed by atoms with Gasteiger partial charge in [-0.3, -0.25) is 30.3 Å². The zero-order valence-corrected chi connectivity index (χ0v) is 20.6. The molecule has 0 aliphatic carbocycles. The molecule has 1 saturated heterocycles. The monoisotopic (exact) mass is 552 g/mol. The zero-order valence-electron chi connectivity index (χ0n) is 19.0. The molecule has 3 aromatic carbocycles. The molecule has 2 heterocycles. The molecular weight excluding hydrogens is 532 g/mol. The molecule has 1 spiro atoms. The first-order chi connectivity index (χ1) is 17.2. The van der Waals surface area contributed by atoms with Gasteiger partial charge < -0.3 is 10.1 Å². The Balaban J connectivity index is 1.42. The number of nitrogens with zero attached hydrogens (tertiary/aromatic N) is 2. The maximum absolute atomic E-state index is 13.1. The molecule has 4 atom stereocenters. The minimum absolute atomic E-state index is 0.000241. The minimum Gasteiger partial charge on any atom is -0.488 e. The summed E-state index contributed by atoms with van der Waals surface area (Å²) in [4.78, 5) is 35.6. The maximum atomic E-state index is 13.1. The van der Waals surface area contributed by atoms with Crippen molar-refractivity contribution in [2.24, 2.45) is 0 Å². The Kier molecular flexibility index (Phi) is 5.97. The summed E-state index contributed by atoms with van der Waals surface area (Å²) in [6, 6.07) is 16.8. The molecule has 10 nitrogen and oxygen atoms in total. The molecule has 184 valence electrons. The van der Waals surface area contributed by atoms with E-state index in [9.17, 15) is 25.0 Å². The van der Waals surface area contributed by atoms with Crippen LogP contribution in [0.15, 0.2) is 71.2 Å². The number of hydrogen-bond donors (Lipinski definition) is 2. The Morgan fingerprint density at radius 3 is 2.44 bits per heavy atom. The molecule has 1 amide bonds. The Morgan fingerprint density at radius 1 is 1.06 bits per heavy atom. The van der Waals surface area contributed by atoms with Gasteiger partial charge in [-0.25, -0.2) is 0 Å². The molecule has 0 aromatic heterocycles. The van der Waals surface area contributed by atoms with Crippen LogP contribution in [0.5, 0.6) is 5.75 Å². The van der Waals surface area contributed by atoms with Crippen LogP contribution in [0.2, 0.25) is 0 Å². The van der Waals surface area contributed by atoms with Gasteiger partial charge in [0, 0.05) is 34.3 Å². The normalized spacial score (nSPS) is 24.4. The Labute approximate surface area is 214 Å². The number of rotatable bonds is 6. The van der Waals surface area contributed by atoms with Gasteiger partial charge >= 0.3 is 0 Å². The number of halogens is 1. The van der Waals surface area contributed by atoms with Crippen molar-refractivity contribution in [1.29, 1.82) is 0 Å². The number of benzene rings is 3. The van der Waals surface area contributed by atoms with Crippen molar-refractivity contribution in [3.63, 3.8) is 0 Å². The van der Waals surface area contributed by atoms with Gasteiger partial charge in [-0.2, -0.15) is 0 Å². The molecule has 2 N–H and O–H groups in total. The summed E-state index contributed by atoms with van der Waals surface area (Å²) < 4.78 is 6.47. The quantitative estimate of drug-likeness (QED) is 0.339. The molecule has 11 heteroatoms. The van der Waals surface area contributed by atoms with E-state index in [0.717, 1.165) is 5.56 Å². The minimum atomic E-state index is -1.47. The predicted molar refractivity (Wildman–Crippen MR) is 134 cm³/mol. The van der Waals surface area contributed by atoms with Gasteiger partial charge in [-0.05, 0) is 64.3 Å². The van der Waals surface area contributed by atoms with E-state index in [1.165, 1.54) is 12.1 Å². The number of hydrogen-bond acceptors (Lipinski definition) is 7. The largest absolute Gasteiger partial charge is 0.488 e. The number of amides is 1. The van der Waals surface area contributed by atoms with E-state index in [1.54, 1.807) is 54.6 Å². The molecule has 1 fully saturated rings. The highest BCUT2D eigenvalue weighted by molar-refractivity contribution is 9.10. The third-order valence-corrected chi connectivity index (χ3v) is 7.47. The first kappa shape index (κ1) is 23.9. The number of fused-ring (bicyclic) bond motifs is 2. The SMILES string of the molecule is C[C@@H]1N[C@]2(C(=O)Nc3ccccc32)[C@@H]([N+](=O)[O-])[C@@H]1c1ccc(OCc2ccc([N+](=O)[O-])cc2)c(Br)c1. The van der Waals surface area contributed by atoms with E-state index in [4.69, 9.17) is 4.74 Å². The van der Waals surface area contributed by atoms with Crippen molar-refractivity contribution in [3.8, 4) is 5.75 Å². The van der Waals surface area contributed by atoms with Crippen molar-refractivity contribution in [3.05, 3.63) is 108 Å². The second kappa shape index (κ2) is 8.99. The van der Waals surface area contributed by atoms with Crippen molar-refractivity contribution in [2.75, 3.05) is 5.32 Å². The van der Waals surface area contributed by atoms with E-state index < -0.39 is 28.3 Å². The van der Waals surface area contributed by atoms with Gasteiger partial charge in [0.25, 0.3) is 17.6 Å². The Morgan fingerprint density at radius 2 is 1.78 bits per heavy atom. The molecule has 5 rings (SSSR count). The highest BCUT2D eigenvalue weighted by atomic mass is 79.9. The maximum Gasteiger partial charge on any atom is 0.269 e. The number of nitro benzene ring substituents is 1. The van der Waals surface area contributed by atoms with Crippen LogP contribution in [0.25, 0.3) is 0 Å². The Hall–Kier alpha value is -3.83. The van der Waals surface area contributed by atoms with Gasteiger partial charge in [-0.1, -0.05) is 24.3 Å². The number of carbonyl (C=O) groups is 1. The van der Waals surface area contributed by atoms with Crippen molar-refractivity contribution < 1.29 is 19.4 Å². The van der Waals surface area contributed by atoms with Crippen LogP contribution in [0.1, 0.15) is 29.5 Å². The lowest BCUT2D eigenvalue weighted by Gasteiger charge is -2.25. The summed E-state index contributed by atoms with van der Waals surface area (Å²) in [5.74, 6) is -0.495. The second-order valence-electron chi connectivity index (χ2n) is 8.90. The molecule has 2 aliphatic rings. The lowest BCUT2D eigenvalue weighted by Crippen LogP contribution is -2.54. The number of nitrogens with one attached hydrogen (secondary N) is 2. The van der Waals surface area contributed by atoms with Crippen LogP contribution >= 0.6 is 15.9 Å². The molecule has 0 saturated carbocycles. The molecule has 0 bridgehead atoms. The summed E-state index contributed by atoms with van der Waals surface area (Å²) in [5, 5.41) is 29.3. The van der Waals surface area contributed by atoms with E-state index in [2.05, 4.69) is 26.6 Å². The third-order valence-electron chi connectivity index (χ3n) is 6.85. The lowest BCUT2D eigenvalue weighted by atomic mass is 9.78. The fourth-order valence-corrected chi connectivity index (χ4v) is 5.78. The van der Waals surface area contributed by atoms with Gasteiger partial charge in [0.15, 0.2) is 5.54 Å². The Bertz CT molecular complexity index is 1380. The highest BCUT2D eigenvalue weighted by Crippen LogP contribution is 2.50. The number of non-ortho nitro benzene ring substituents is 1. The molecule has 0 unspecified atom stereocenters. The number of para-hydroxylation sites is 1. The van der Waals surface area contributed by atoms with Gasteiger partial charge in [-0.15, -0.1) is 0 Å². The van der Waals surface area contributed by atoms with Crippen LogP contribution in [0, 0.1) is 20.2 Å². The standard InChI is InChI=1S/C25H21BrN4O6/c1-14-22(23(30(34)35)25(28-14)18-4-2-3-5-20(18)27-24(25)31)16-8-11-21(19(26)12-16)36-13-15-6-9-17(10-7-15)29(32)33/h2-12,14,22-23,28H,13H2,1H3,(H,27,31)/t14-,22-,23-,25-/m0/s1. The van der Waals surface area contributed by atoms with Crippen LogP contribution in [-0.4, -0.2) is 27.8 Å². The van der Waals surface area contributed by atoms with Crippen LogP contribution < -0.4 is 15.4 Å². The van der Waals surface area contributed by atoms with E-state index in [-0.39, 0.29) is 23.3 Å². The number of ether oxygens (including phenoxy) is 1. The van der Waals surface area contributed by atoms with Crippen molar-refractivity contribution >= 4 is 33.2 Å². The van der Waals surface area contributed by atoms with E-state index in [1.807, 2.05) is 6.92 Å². The molecule has 36 heavy (non-hydrogen) atoms. The predicted octanol–water partition coefficient (Wildman–Crippen LogP) is 4.50. The van der Waals surface area contributed by atoms with Gasteiger partial charge in [0.1, 0.15) is 12.4 Å². The number of anilines is 1. The summed E-state index contributed by atoms with van der Waals surface area (Å²) in [6.07, 6.45) is 0. The molecule has 0 radical (unpaired) electrons. The molecule has 3 aromatic rings. The first-order valence-corrected chi connectivity index (χ1v) is 12.0. The summed E-state index contributed by atoms with van der Waals surface area (Å²) in [7, 11) is 0. The highest BCUT2D eigenvalue weighted by Gasteiger charge is 2.67. The average molecular weight is 553 g/mol. The first-order valence-electron chi connectivity index (χ1n) is 11.2. The van der Waals surface area contributed by atoms with E-state index in [0.29, 0.717) is 27.0 Å². The fraction of sp³-hybridized carbons (Fsp3) is 0.240. The van der Waals surface area contributed by atoms with Crippen LogP contribution in [-0.2, 0) is 16.9 Å². The van der Waals surface area contributed by atoms with E-state index >= 15 is 0 Å². The van der Waals surface area contributed by atoms with Crippen LogP contribution in [0.3, 0.4) is 0 Å². The smallest absolute Gasteiger partial charge is 0.269 e. The lowest BCUT2D eigenvalue weighted by molar-refractivity contribution is -0.532. The van der Waals surface area contributed by atoms with Gasteiger partial charge in [0.05, 0.1) is 15.3 Å². The topological polar surface area (TPSA) is 137 Å². The number of nitro groups is 2. The number of carbonyl (C=O) groups excluding carboxylic acids is 1. The average Bonchev–Trinajstić information content (AvgIpc) is 3.32. The van der Waals surface area contributed by atoms with Gasteiger partial charge in [0.2, 0.25) is 0 Å². The molecular formula is C25H21BrN4O6. The van der Waals surface area contributed by atoms with Crippen LogP contribution in [0.4, 0.5) is 11.4 Å². The third kappa shape index (κ3) is 3.80. The zero-order chi connectivity index (χ0) is 25.6.